The van der Waals surface area contributed by atoms with Gasteiger partial charge in [-0.05, 0) is 51.1 Å². The predicted molar refractivity (Wildman–Crippen MR) is 91.3 cm³/mol. The zero-order chi connectivity index (χ0) is 18.6. The molecular formula is C17H20N4O4. The molecule has 0 aliphatic heterocycles. The topological polar surface area (TPSA) is 113 Å². The van der Waals surface area contributed by atoms with Crippen LogP contribution in [0.3, 0.4) is 0 Å². The quantitative estimate of drug-likeness (QED) is 0.732. The lowest BCUT2D eigenvalue weighted by Crippen LogP contribution is -2.38. The van der Waals surface area contributed by atoms with Crippen molar-refractivity contribution in [2.75, 3.05) is 5.32 Å². The second-order valence-electron chi connectivity index (χ2n) is 5.74. The van der Waals surface area contributed by atoms with Crippen LogP contribution in [0.15, 0.2) is 30.3 Å². The van der Waals surface area contributed by atoms with Crippen molar-refractivity contribution in [3.63, 3.8) is 0 Å². The van der Waals surface area contributed by atoms with Crippen LogP contribution in [0.5, 0.6) is 0 Å². The van der Waals surface area contributed by atoms with Crippen molar-refractivity contribution in [2.45, 2.75) is 33.4 Å². The average molecular weight is 344 g/mol. The number of rotatable bonds is 6. The molecular weight excluding hydrogens is 324 g/mol. The number of carbonyl (C=O) groups is 3. The summed E-state index contributed by atoms with van der Waals surface area (Å²) in [7, 11) is 0. The summed E-state index contributed by atoms with van der Waals surface area (Å²) < 4.78 is 1.61. The molecule has 0 bridgehead atoms. The maximum atomic E-state index is 12.1. The van der Waals surface area contributed by atoms with E-state index in [4.69, 9.17) is 5.11 Å². The number of carboxylic acids is 1. The molecule has 1 atom stereocenters. The molecule has 1 unspecified atom stereocenters. The van der Waals surface area contributed by atoms with Crippen LogP contribution in [-0.4, -0.2) is 38.7 Å². The van der Waals surface area contributed by atoms with Crippen LogP contribution in [0.2, 0.25) is 0 Å². The van der Waals surface area contributed by atoms with E-state index < -0.39 is 17.9 Å². The molecule has 0 radical (unpaired) electrons. The van der Waals surface area contributed by atoms with Crippen LogP contribution in [0.1, 0.15) is 28.7 Å². The molecule has 25 heavy (non-hydrogen) atoms. The van der Waals surface area contributed by atoms with E-state index in [9.17, 15) is 14.4 Å². The molecule has 3 N–H and O–H groups in total. The van der Waals surface area contributed by atoms with Crippen molar-refractivity contribution in [2.24, 2.45) is 0 Å². The summed E-state index contributed by atoms with van der Waals surface area (Å²) >= 11 is 0. The Kier molecular flexibility index (Phi) is 5.53. The molecule has 0 aliphatic rings. The van der Waals surface area contributed by atoms with Gasteiger partial charge in [-0.25, -0.2) is 0 Å². The van der Waals surface area contributed by atoms with Gasteiger partial charge in [-0.2, -0.15) is 5.10 Å². The number of aromatic nitrogens is 2. The number of nitrogens with zero attached hydrogens (tertiary/aromatic N) is 2. The predicted octanol–water partition coefficient (Wildman–Crippen LogP) is 1.34. The van der Waals surface area contributed by atoms with Gasteiger partial charge < -0.3 is 15.7 Å². The van der Waals surface area contributed by atoms with Gasteiger partial charge >= 0.3 is 5.97 Å². The lowest BCUT2D eigenvalue weighted by molar-refractivity contribution is -0.138. The van der Waals surface area contributed by atoms with Gasteiger partial charge in [0.25, 0.3) is 5.91 Å². The number of aryl methyl sites for hydroxylation is 2. The fourth-order valence-electron chi connectivity index (χ4n) is 2.22. The summed E-state index contributed by atoms with van der Waals surface area (Å²) in [6.45, 7) is 5.21. The molecule has 0 aliphatic carbocycles. The van der Waals surface area contributed by atoms with Crippen molar-refractivity contribution in [1.82, 2.24) is 15.1 Å². The highest BCUT2D eigenvalue weighted by atomic mass is 16.4. The lowest BCUT2D eigenvalue weighted by atomic mass is 10.2. The smallest absolute Gasteiger partial charge is 0.325 e. The summed E-state index contributed by atoms with van der Waals surface area (Å²) in [4.78, 5) is 34.7. The molecule has 2 aromatic rings. The number of carbonyl (C=O) groups excluding carboxylic acids is 2. The van der Waals surface area contributed by atoms with Crippen LogP contribution < -0.4 is 10.6 Å². The molecule has 0 spiro atoms. The molecule has 0 saturated heterocycles. The number of hydrogen-bond donors (Lipinski definition) is 3. The van der Waals surface area contributed by atoms with Crippen LogP contribution in [-0.2, 0) is 16.1 Å². The first-order valence-electron chi connectivity index (χ1n) is 7.71. The third-order valence-electron chi connectivity index (χ3n) is 3.55. The summed E-state index contributed by atoms with van der Waals surface area (Å²) in [5.74, 6) is -1.83. The molecule has 8 nitrogen and oxygen atoms in total. The van der Waals surface area contributed by atoms with Gasteiger partial charge in [-0.15, -0.1) is 0 Å². The normalized spacial score (nSPS) is 11.6. The van der Waals surface area contributed by atoms with Gasteiger partial charge in [-0.3, -0.25) is 19.1 Å². The second-order valence-corrected chi connectivity index (χ2v) is 5.74. The minimum absolute atomic E-state index is 0.0953. The number of carboxylic acid groups (broad SMARTS) is 1. The number of hydrogen-bond acceptors (Lipinski definition) is 4. The van der Waals surface area contributed by atoms with Gasteiger partial charge in [0.1, 0.15) is 12.6 Å². The van der Waals surface area contributed by atoms with E-state index in [0.29, 0.717) is 11.3 Å². The van der Waals surface area contributed by atoms with Crippen molar-refractivity contribution < 1.29 is 19.5 Å². The Morgan fingerprint density at radius 2 is 1.84 bits per heavy atom. The Labute approximate surface area is 144 Å². The van der Waals surface area contributed by atoms with Crippen molar-refractivity contribution >= 4 is 23.5 Å². The Balaban J connectivity index is 1.95. The van der Waals surface area contributed by atoms with Crippen LogP contribution in [0.4, 0.5) is 5.69 Å². The van der Waals surface area contributed by atoms with Gasteiger partial charge in [0.05, 0.1) is 5.69 Å². The third kappa shape index (κ3) is 4.90. The van der Waals surface area contributed by atoms with Crippen LogP contribution in [0.25, 0.3) is 0 Å². The van der Waals surface area contributed by atoms with Gasteiger partial charge in [0.2, 0.25) is 5.91 Å². The molecule has 0 fully saturated rings. The van der Waals surface area contributed by atoms with Crippen molar-refractivity contribution in [1.29, 1.82) is 0 Å². The van der Waals surface area contributed by atoms with Crippen molar-refractivity contribution in [3.8, 4) is 0 Å². The first kappa shape index (κ1) is 18.2. The molecule has 2 amide bonds. The zero-order valence-electron chi connectivity index (χ0n) is 14.2. The van der Waals surface area contributed by atoms with E-state index in [1.807, 2.05) is 19.9 Å². The fraction of sp³-hybridized carbons (Fsp3) is 0.294. The Morgan fingerprint density at radius 3 is 2.36 bits per heavy atom. The van der Waals surface area contributed by atoms with Gasteiger partial charge in [0.15, 0.2) is 0 Å². The number of benzene rings is 1. The monoisotopic (exact) mass is 344 g/mol. The first-order chi connectivity index (χ1) is 11.8. The zero-order valence-corrected chi connectivity index (χ0v) is 14.2. The summed E-state index contributed by atoms with van der Waals surface area (Å²) in [5.41, 5.74) is 2.59. The van der Waals surface area contributed by atoms with E-state index >= 15 is 0 Å². The van der Waals surface area contributed by atoms with E-state index in [1.54, 1.807) is 16.8 Å². The molecule has 1 aromatic heterocycles. The maximum absolute atomic E-state index is 12.1. The fourth-order valence-corrected chi connectivity index (χ4v) is 2.22. The first-order valence-corrected chi connectivity index (χ1v) is 7.71. The van der Waals surface area contributed by atoms with Gasteiger partial charge in [-0.1, -0.05) is 0 Å². The Hall–Kier alpha value is -3.16. The maximum Gasteiger partial charge on any atom is 0.325 e. The van der Waals surface area contributed by atoms with Crippen LogP contribution in [0, 0.1) is 13.8 Å². The van der Waals surface area contributed by atoms with Gasteiger partial charge in [0, 0.05) is 16.9 Å². The Morgan fingerprint density at radius 1 is 1.20 bits per heavy atom. The number of amides is 2. The molecule has 1 heterocycles. The number of anilines is 1. The standard InChI is InChI=1S/C17H20N4O4/c1-10-8-11(2)21(20-10)9-15(22)19-14-6-4-13(5-7-14)16(23)18-12(3)17(24)25/h4-8,12H,9H2,1-3H3,(H,18,23)(H,19,22)(H,24,25). The highest BCUT2D eigenvalue weighted by molar-refractivity contribution is 5.97. The van der Waals surface area contributed by atoms with E-state index in [0.717, 1.165) is 11.4 Å². The minimum atomic E-state index is -1.11. The highest BCUT2D eigenvalue weighted by Gasteiger charge is 2.15. The molecule has 8 heteroatoms. The number of aliphatic carboxylic acids is 1. The molecule has 1 aromatic carbocycles. The third-order valence-corrected chi connectivity index (χ3v) is 3.55. The number of nitrogens with one attached hydrogen (secondary N) is 2. The molecule has 0 saturated carbocycles. The largest absolute Gasteiger partial charge is 0.480 e. The highest BCUT2D eigenvalue weighted by Crippen LogP contribution is 2.10. The summed E-state index contributed by atoms with van der Waals surface area (Å²) in [5, 5.41) is 18.1. The molecule has 2 rings (SSSR count). The summed E-state index contributed by atoms with van der Waals surface area (Å²) in [6.07, 6.45) is 0. The van der Waals surface area contributed by atoms with Crippen LogP contribution >= 0.6 is 0 Å². The average Bonchev–Trinajstić information content (AvgIpc) is 2.85. The van der Waals surface area contributed by atoms with E-state index in [2.05, 4.69) is 15.7 Å². The minimum Gasteiger partial charge on any atom is -0.480 e. The van der Waals surface area contributed by atoms with Crippen molar-refractivity contribution in [3.05, 3.63) is 47.3 Å². The summed E-state index contributed by atoms with van der Waals surface area (Å²) in [6, 6.07) is 7.11. The SMILES string of the molecule is Cc1cc(C)n(CC(=O)Nc2ccc(C(=O)NC(C)C(=O)O)cc2)n1. The Bertz CT molecular complexity index is 795. The van der Waals surface area contributed by atoms with E-state index in [1.165, 1.54) is 19.1 Å². The molecule has 132 valence electrons. The second kappa shape index (κ2) is 7.61. The lowest BCUT2D eigenvalue weighted by Gasteiger charge is -2.10. The van der Waals surface area contributed by atoms with E-state index in [-0.39, 0.29) is 12.5 Å².